The Morgan fingerprint density at radius 3 is 2.37 bits per heavy atom. The van der Waals surface area contributed by atoms with Crippen LogP contribution < -0.4 is 20.4 Å². The van der Waals surface area contributed by atoms with Gasteiger partial charge in [0.1, 0.15) is 0 Å². The van der Waals surface area contributed by atoms with E-state index in [1.54, 1.807) is 4.90 Å². The largest absolute Gasteiger partial charge is 0.371 e. The van der Waals surface area contributed by atoms with Crippen molar-refractivity contribution in [3.8, 4) is 0 Å². The number of nitrogens with one attached hydrogen (secondary N) is 2. The van der Waals surface area contributed by atoms with Gasteiger partial charge in [-0.3, -0.25) is 19.8 Å². The van der Waals surface area contributed by atoms with Crippen LogP contribution in [0, 0.1) is 0 Å². The highest BCUT2D eigenvalue weighted by atomic mass is 16.2. The minimum absolute atomic E-state index is 0.0367. The molecule has 2 aromatic carbocycles. The van der Waals surface area contributed by atoms with E-state index >= 15 is 0 Å². The van der Waals surface area contributed by atoms with Crippen LogP contribution in [0.15, 0.2) is 54.7 Å². The Kier molecular flexibility index (Phi) is 6.79. The van der Waals surface area contributed by atoms with Crippen molar-refractivity contribution >= 4 is 40.1 Å². The number of fused-ring (bicyclic) bond motifs is 1. The summed E-state index contributed by atoms with van der Waals surface area (Å²) in [6.45, 7) is 2.27. The van der Waals surface area contributed by atoms with Crippen molar-refractivity contribution in [3.63, 3.8) is 0 Å². The highest BCUT2D eigenvalue weighted by Gasteiger charge is 2.27. The summed E-state index contributed by atoms with van der Waals surface area (Å²) in [7, 11) is 0. The Hall–Kier alpha value is -3.81. The molecule has 1 saturated carbocycles. The number of piperidine rings is 1. The molecule has 6 rings (SSSR count). The number of carbonyl (C=O) groups excluding carboxylic acids is 3. The van der Waals surface area contributed by atoms with E-state index in [9.17, 15) is 14.4 Å². The van der Waals surface area contributed by atoms with Crippen LogP contribution in [-0.4, -0.2) is 48.1 Å². The average molecular weight is 514 g/mol. The van der Waals surface area contributed by atoms with Crippen molar-refractivity contribution < 1.29 is 14.4 Å². The monoisotopic (exact) mass is 513 g/mol. The van der Waals surface area contributed by atoms with Crippen LogP contribution in [0.2, 0.25) is 0 Å². The first-order chi connectivity index (χ1) is 18.6. The predicted molar refractivity (Wildman–Crippen MR) is 149 cm³/mol. The van der Waals surface area contributed by atoms with E-state index in [1.807, 2.05) is 24.3 Å². The number of urea groups is 1. The molecule has 38 heavy (non-hydrogen) atoms. The minimum atomic E-state index is -0.354. The Balaban J connectivity index is 1.10. The molecule has 0 radical (unpaired) electrons. The van der Waals surface area contributed by atoms with E-state index in [1.165, 1.54) is 19.3 Å². The van der Waals surface area contributed by atoms with Gasteiger partial charge < -0.3 is 14.8 Å². The second kappa shape index (κ2) is 10.5. The number of benzene rings is 2. The molecule has 8 heteroatoms. The molecular weight excluding hydrogens is 478 g/mol. The van der Waals surface area contributed by atoms with Crippen molar-refractivity contribution in [2.75, 3.05) is 29.4 Å². The highest BCUT2D eigenvalue weighted by molar-refractivity contribution is 6.09. The molecule has 0 spiro atoms. The van der Waals surface area contributed by atoms with E-state index in [0.29, 0.717) is 25.0 Å². The van der Waals surface area contributed by atoms with Gasteiger partial charge in [0.15, 0.2) is 0 Å². The summed E-state index contributed by atoms with van der Waals surface area (Å²) in [4.78, 5) is 40.8. The Morgan fingerprint density at radius 1 is 0.868 bits per heavy atom. The third-order valence-corrected chi connectivity index (χ3v) is 8.38. The number of hydrogen-bond donors (Lipinski definition) is 2. The second-order valence-electron chi connectivity index (χ2n) is 10.8. The maximum atomic E-state index is 12.7. The normalized spacial score (nSPS) is 19.6. The molecule has 2 aliphatic heterocycles. The quantitative estimate of drug-likeness (QED) is 0.503. The Labute approximate surface area is 223 Å². The fourth-order valence-electron chi connectivity index (χ4n) is 6.26. The van der Waals surface area contributed by atoms with Crippen LogP contribution in [0.1, 0.15) is 67.8 Å². The molecule has 2 saturated heterocycles. The zero-order valence-electron chi connectivity index (χ0n) is 21.7. The van der Waals surface area contributed by atoms with Gasteiger partial charge in [-0.25, -0.2) is 4.79 Å². The number of aromatic nitrogens is 1. The fourth-order valence-corrected chi connectivity index (χ4v) is 6.26. The summed E-state index contributed by atoms with van der Waals surface area (Å²) < 4.78 is 2.34. The first-order valence-electron chi connectivity index (χ1n) is 13.9. The SMILES string of the molecule is O=C1CCN(c2cccc3c2ccn3C2CCN(c3ccc(C(=O)NC4CCCCC4)cc3)CC2)C(=O)N1. The highest BCUT2D eigenvalue weighted by Crippen LogP contribution is 2.34. The maximum Gasteiger partial charge on any atom is 0.328 e. The lowest BCUT2D eigenvalue weighted by Gasteiger charge is -2.35. The van der Waals surface area contributed by atoms with E-state index in [2.05, 4.69) is 50.6 Å². The van der Waals surface area contributed by atoms with Crippen LogP contribution >= 0.6 is 0 Å². The number of nitrogens with zero attached hydrogens (tertiary/aromatic N) is 3. The number of anilines is 2. The molecule has 198 valence electrons. The van der Waals surface area contributed by atoms with E-state index in [-0.39, 0.29) is 17.8 Å². The molecule has 2 N–H and O–H groups in total. The van der Waals surface area contributed by atoms with Gasteiger partial charge in [0.05, 0.1) is 11.2 Å². The van der Waals surface area contributed by atoms with Crippen molar-refractivity contribution in [3.05, 3.63) is 60.3 Å². The zero-order chi connectivity index (χ0) is 26.1. The number of hydrogen-bond acceptors (Lipinski definition) is 4. The van der Waals surface area contributed by atoms with Gasteiger partial charge in [0, 0.05) is 61.0 Å². The van der Waals surface area contributed by atoms with E-state index in [0.717, 1.165) is 66.6 Å². The lowest BCUT2D eigenvalue weighted by atomic mass is 9.95. The van der Waals surface area contributed by atoms with Crippen molar-refractivity contribution in [2.45, 2.75) is 63.5 Å². The van der Waals surface area contributed by atoms with Gasteiger partial charge in [-0.1, -0.05) is 25.3 Å². The van der Waals surface area contributed by atoms with E-state index < -0.39 is 0 Å². The fraction of sp³-hybridized carbons (Fsp3) is 0.433. The molecule has 1 aromatic heterocycles. The first-order valence-corrected chi connectivity index (χ1v) is 13.9. The van der Waals surface area contributed by atoms with Crippen LogP contribution in [-0.2, 0) is 4.79 Å². The molecule has 0 atom stereocenters. The van der Waals surface area contributed by atoms with Crippen LogP contribution in [0.4, 0.5) is 16.2 Å². The Morgan fingerprint density at radius 2 is 1.63 bits per heavy atom. The van der Waals surface area contributed by atoms with Crippen LogP contribution in [0.25, 0.3) is 10.9 Å². The van der Waals surface area contributed by atoms with Gasteiger partial charge in [-0.2, -0.15) is 0 Å². The summed E-state index contributed by atoms with van der Waals surface area (Å²) in [5.74, 6) is -0.185. The van der Waals surface area contributed by atoms with E-state index in [4.69, 9.17) is 0 Å². The zero-order valence-corrected chi connectivity index (χ0v) is 21.7. The third-order valence-electron chi connectivity index (χ3n) is 8.38. The summed E-state index contributed by atoms with van der Waals surface area (Å²) in [6, 6.07) is 16.5. The molecule has 4 amide bonds. The first kappa shape index (κ1) is 24.5. The van der Waals surface area contributed by atoms with Crippen LogP contribution in [0.3, 0.4) is 0 Å². The average Bonchev–Trinajstić information content (AvgIpc) is 3.39. The summed E-state index contributed by atoms with van der Waals surface area (Å²) in [5, 5.41) is 6.66. The predicted octanol–water partition coefficient (Wildman–Crippen LogP) is 4.99. The smallest absolute Gasteiger partial charge is 0.328 e. The third kappa shape index (κ3) is 4.87. The molecule has 0 unspecified atom stereocenters. The van der Waals surface area contributed by atoms with Crippen LogP contribution in [0.5, 0.6) is 0 Å². The molecule has 1 aliphatic carbocycles. The molecule has 3 fully saturated rings. The second-order valence-corrected chi connectivity index (χ2v) is 10.8. The van der Waals surface area contributed by atoms with Crippen molar-refractivity contribution in [1.29, 1.82) is 0 Å². The molecular formula is C30H35N5O3. The topological polar surface area (TPSA) is 86.7 Å². The summed E-state index contributed by atoms with van der Waals surface area (Å²) >= 11 is 0. The number of rotatable bonds is 5. The summed E-state index contributed by atoms with van der Waals surface area (Å²) in [5.41, 5.74) is 3.84. The lowest BCUT2D eigenvalue weighted by molar-refractivity contribution is -0.120. The molecule has 3 heterocycles. The molecule has 3 aromatic rings. The minimum Gasteiger partial charge on any atom is -0.371 e. The van der Waals surface area contributed by atoms with Crippen molar-refractivity contribution in [1.82, 2.24) is 15.2 Å². The molecule has 0 bridgehead atoms. The van der Waals surface area contributed by atoms with Gasteiger partial charge in [-0.15, -0.1) is 0 Å². The van der Waals surface area contributed by atoms with Gasteiger partial charge in [0.25, 0.3) is 5.91 Å². The molecule has 3 aliphatic rings. The number of imide groups is 1. The Bertz CT molecular complexity index is 1330. The van der Waals surface area contributed by atoms with Gasteiger partial charge in [0.2, 0.25) is 5.91 Å². The maximum absolute atomic E-state index is 12.7. The van der Waals surface area contributed by atoms with Crippen molar-refractivity contribution in [2.24, 2.45) is 0 Å². The number of carbonyl (C=O) groups is 3. The molecule has 8 nitrogen and oxygen atoms in total. The standard InChI is InChI=1S/C30H35N5O3/c36-28-16-20-35(30(38)32-28)27-8-4-7-26-25(27)15-19-34(26)24-13-17-33(18-14-24)23-11-9-21(10-12-23)29(37)31-22-5-2-1-3-6-22/h4,7-12,15,19,22,24H,1-3,5-6,13-14,16-18,20H2,(H,31,37)(H,32,36,38). The van der Waals surface area contributed by atoms with Gasteiger partial charge in [-0.05, 0) is 68.1 Å². The van der Waals surface area contributed by atoms with Gasteiger partial charge >= 0.3 is 6.03 Å². The lowest BCUT2D eigenvalue weighted by Crippen LogP contribution is -2.49. The number of amides is 4. The summed E-state index contributed by atoms with van der Waals surface area (Å²) in [6.07, 6.45) is 10.3.